The minimum atomic E-state index is 0.0793. The van der Waals surface area contributed by atoms with Gasteiger partial charge in [0.25, 0.3) is 0 Å². The summed E-state index contributed by atoms with van der Waals surface area (Å²) in [6, 6.07) is 10.5. The summed E-state index contributed by atoms with van der Waals surface area (Å²) >= 11 is 0. The van der Waals surface area contributed by atoms with Gasteiger partial charge in [0.1, 0.15) is 5.69 Å². The highest BCUT2D eigenvalue weighted by Crippen LogP contribution is 2.35. The van der Waals surface area contributed by atoms with Gasteiger partial charge in [0.15, 0.2) is 0 Å². The third-order valence-electron chi connectivity index (χ3n) is 8.59. The Morgan fingerprint density at radius 3 is 2.55 bits per heavy atom. The van der Waals surface area contributed by atoms with Crippen molar-refractivity contribution in [2.24, 2.45) is 5.92 Å². The fourth-order valence-electron chi connectivity index (χ4n) is 6.48. The lowest BCUT2D eigenvalue weighted by Crippen LogP contribution is -2.29. The number of H-pyrrole nitrogens is 2. The molecule has 3 N–H and O–H groups in total. The van der Waals surface area contributed by atoms with Gasteiger partial charge in [-0.3, -0.25) is 19.9 Å². The fraction of sp³-hybridized carbons (Fsp3) is 0.375. The van der Waals surface area contributed by atoms with E-state index in [1.54, 1.807) is 6.20 Å². The number of hydrogen-bond acceptors (Lipinski definition) is 5. The third kappa shape index (κ3) is 4.94. The molecule has 0 spiro atoms. The van der Waals surface area contributed by atoms with E-state index in [0.717, 1.165) is 70.6 Å². The van der Waals surface area contributed by atoms with E-state index < -0.39 is 0 Å². The number of nitrogens with zero attached hydrogens (tertiary/aromatic N) is 4. The second kappa shape index (κ2) is 10.8. The Morgan fingerprint density at radius 2 is 1.68 bits per heavy atom. The first-order valence-corrected chi connectivity index (χ1v) is 14.7. The highest BCUT2D eigenvalue weighted by molar-refractivity contribution is 6.00. The van der Waals surface area contributed by atoms with Crippen molar-refractivity contribution in [1.29, 1.82) is 0 Å². The van der Waals surface area contributed by atoms with E-state index in [2.05, 4.69) is 59.6 Å². The molecular formula is C32H35N7O. The van der Waals surface area contributed by atoms with Gasteiger partial charge in [-0.1, -0.05) is 25.3 Å². The molecule has 4 aromatic heterocycles. The highest BCUT2D eigenvalue weighted by atomic mass is 16.1. The molecule has 7 rings (SSSR count). The Bertz CT molecular complexity index is 1660. The van der Waals surface area contributed by atoms with Gasteiger partial charge >= 0.3 is 0 Å². The average molecular weight is 534 g/mol. The van der Waals surface area contributed by atoms with Crippen LogP contribution < -0.4 is 10.2 Å². The topological polar surface area (TPSA) is 103 Å². The fourth-order valence-corrected chi connectivity index (χ4v) is 6.48. The van der Waals surface area contributed by atoms with E-state index in [0.29, 0.717) is 12.3 Å². The molecular weight excluding hydrogens is 498 g/mol. The maximum Gasteiger partial charge on any atom is 0.224 e. The Morgan fingerprint density at radius 1 is 0.850 bits per heavy atom. The standard InChI is InChI=1S/C32H35N7O/c40-31(13-21-7-3-1-4-8-21)35-24-14-23(17-33-18-24)22-9-10-27-26(15-22)32(38-37-27)28-16-25-29(36-28)19-34-20-30(25)39-11-5-2-6-12-39/h9-10,14-21,36H,1-8,11-13H2,(H,35,40)(H,37,38). The number of anilines is 2. The predicted molar refractivity (Wildman–Crippen MR) is 160 cm³/mol. The van der Waals surface area contributed by atoms with Crippen LogP contribution in [0.5, 0.6) is 0 Å². The van der Waals surface area contributed by atoms with Crippen molar-refractivity contribution in [2.75, 3.05) is 23.3 Å². The molecule has 40 heavy (non-hydrogen) atoms. The van der Waals surface area contributed by atoms with Crippen LogP contribution in [0.2, 0.25) is 0 Å². The molecule has 1 amide bonds. The minimum absolute atomic E-state index is 0.0793. The molecule has 0 unspecified atom stereocenters. The largest absolute Gasteiger partial charge is 0.370 e. The van der Waals surface area contributed by atoms with E-state index >= 15 is 0 Å². The van der Waals surface area contributed by atoms with E-state index in [1.807, 2.05) is 24.7 Å². The van der Waals surface area contributed by atoms with Crippen molar-refractivity contribution < 1.29 is 4.79 Å². The molecule has 8 nitrogen and oxygen atoms in total. The number of carbonyl (C=O) groups excluding carboxylic acids is 1. The molecule has 1 saturated heterocycles. The smallest absolute Gasteiger partial charge is 0.224 e. The summed E-state index contributed by atoms with van der Waals surface area (Å²) in [5.74, 6) is 0.582. The molecule has 5 heterocycles. The number of pyridine rings is 2. The van der Waals surface area contributed by atoms with Crippen LogP contribution >= 0.6 is 0 Å². The van der Waals surface area contributed by atoms with Gasteiger partial charge in [0, 0.05) is 42.0 Å². The van der Waals surface area contributed by atoms with Gasteiger partial charge in [0.2, 0.25) is 5.91 Å². The second-order valence-corrected chi connectivity index (χ2v) is 11.4. The monoisotopic (exact) mass is 533 g/mol. The van der Waals surface area contributed by atoms with Gasteiger partial charge in [-0.05, 0) is 67.9 Å². The van der Waals surface area contributed by atoms with Gasteiger partial charge in [-0.15, -0.1) is 0 Å². The van der Waals surface area contributed by atoms with Gasteiger partial charge < -0.3 is 15.2 Å². The minimum Gasteiger partial charge on any atom is -0.370 e. The zero-order valence-corrected chi connectivity index (χ0v) is 22.7. The summed E-state index contributed by atoms with van der Waals surface area (Å²) < 4.78 is 0. The van der Waals surface area contributed by atoms with Crippen molar-refractivity contribution in [1.82, 2.24) is 25.1 Å². The first-order chi connectivity index (χ1) is 19.7. The molecule has 0 bridgehead atoms. The molecule has 1 aromatic carbocycles. The summed E-state index contributed by atoms with van der Waals surface area (Å²) in [7, 11) is 0. The molecule has 1 saturated carbocycles. The Hall–Kier alpha value is -4.20. The van der Waals surface area contributed by atoms with Crippen LogP contribution in [-0.4, -0.2) is 44.1 Å². The molecule has 5 aromatic rings. The van der Waals surface area contributed by atoms with Crippen LogP contribution in [0.25, 0.3) is 44.3 Å². The lowest BCUT2D eigenvalue weighted by Gasteiger charge is -2.28. The van der Waals surface area contributed by atoms with E-state index in [-0.39, 0.29) is 5.91 Å². The van der Waals surface area contributed by atoms with E-state index in [9.17, 15) is 4.79 Å². The number of amides is 1. The van der Waals surface area contributed by atoms with E-state index in [1.165, 1.54) is 49.6 Å². The highest BCUT2D eigenvalue weighted by Gasteiger charge is 2.19. The summed E-state index contributed by atoms with van der Waals surface area (Å²) in [5.41, 5.74) is 7.74. The summed E-state index contributed by atoms with van der Waals surface area (Å²) in [6.07, 6.45) is 17.9. The molecule has 1 aliphatic heterocycles. The Balaban J connectivity index is 1.17. The quantitative estimate of drug-likeness (QED) is 0.217. The number of rotatable bonds is 6. The van der Waals surface area contributed by atoms with Gasteiger partial charge in [-0.2, -0.15) is 5.10 Å². The number of hydrogen-bond donors (Lipinski definition) is 3. The summed E-state index contributed by atoms with van der Waals surface area (Å²) in [4.78, 5) is 27.7. The van der Waals surface area contributed by atoms with Crippen LogP contribution in [0.1, 0.15) is 57.8 Å². The second-order valence-electron chi connectivity index (χ2n) is 11.4. The molecule has 204 valence electrons. The Kier molecular flexibility index (Phi) is 6.67. The first kappa shape index (κ1) is 24.8. The summed E-state index contributed by atoms with van der Waals surface area (Å²) in [5, 5.41) is 13.2. The van der Waals surface area contributed by atoms with Crippen molar-refractivity contribution in [2.45, 2.75) is 57.8 Å². The molecule has 2 fully saturated rings. The Labute approximate surface area is 233 Å². The van der Waals surface area contributed by atoms with Gasteiger partial charge in [-0.25, -0.2) is 0 Å². The van der Waals surface area contributed by atoms with Crippen molar-refractivity contribution in [3.63, 3.8) is 0 Å². The van der Waals surface area contributed by atoms with Gasteiger partial charge in [0.05, 0.1) is 46.7 Å². The van der Waals surface area contributed by atoms with Crippen molar-refractivity contribution in [3.05, 3.63) is 55.1 Å². The number of aromatic nitrogens is 5. The van der Waals surface area contributed by atoms with Crippen molar-refractivity contribution >= 4 is 39.1 Å². The molecule has 0 radical (unpaired) electrons. The normalized spacial score (nSPS) is 16.6. The number of benzene rings is 1. The summed E-state index contributed by atoms with van der Waals surface area (Å²) in [6.45, 7) is 2.15. The molecule has 2 aliphatic rings. The van der Waals surface area contributed by atoms with Crippen LogP contribution in [0.15, 0.2) is 55.1 Å². The number of fused-ring (bicyclic) bond motifs is 2. The number of nitrogens with one attached hydrogen (secondary N) is 3. The maximum atomic E-state index is 12.7. The number of carbonyl (C=O) groups is 1. The van der Waals surface area contributed by atoms with Crippen LogP contribution in [0, 0.1) is 5.92 Å². The maximum absolute atomic E-state index is 12.7. The SMILES string of the molecule is O=C(CC1CCCCC1)Nc1cncc(-c2ccc3[nH]nc(-c4cc5c(N6CCCCC6)cncc5[nH]4)c3c2)c1. The lowest BCUT2D eigenvalue weighted by molar-refractivity contribution is -0.117. The first-order valence-electron chi connectivity index (χ1n) is 14.7. The molecule has 1 aliphatic carbocycles. The van der Waals surface area contributed by atoms with Crippen molar-refractivity contribution in [3.8, 4) is 22.5 Å². The third-order valence-corrected chi connectivity index (χ3v) is 8.59. The predicted octanol–water partition coefficient (Wildman–Crippen LogP) is 7.07. The molecule has 0 atom stereocenters. The van der Waals surface area contributed by atoms with E-state index in [4.69, 9.17) is 0 Å². The van der Waals surface area contributed by atoms with Crippen LogP contribution in [-0.2, 0) is 4.79 Å². The average Bonchev–Trinajstić information content (AvgIpc) is 3.62. The zero-order chi connectivity index (χ0) is 26.9. The lowest BCUT2D eigenvalue weighted by atomic mass is 9.87. The van der Waals surface area contributed by atoms with Crippen LogP contribution in [0.4, 0.5) is 11.4 Å². The molecule has 8 heteroatoms. The number of aromatic amines is 2. The zero-order valence-electron chi connectivity index (χ0n) is 22.7. The van der Waals surface area contributed by atoms with Crippen LogP contribution in [0.3, 0.4) is 0 Å². The number of piperidine rings is 1.